The molecule has 0 aliphatic rings. The fourth-order valence-electron chi connectivity index (χ4n) is 2.73. The molecule has 1 aromatic carbocycles. The second-order valence-corrected chi connectivity index (χ2v) is 5.78. The summed E-state index contributed by atoms with van der Waals surface area (Å²) in [5.74, 6) is 0.0854. The first-order valence-corrected chi connectivity index (χ1v) is 8.11. The predicted molar refractivity (Wildman–Crippen MR) is 93.1 cm³/mol. The molecule has 0 spiro atoms. The van der Waals surface area contributed by atoms with Crippen LogP contribution in [0.3, 0.4) is 0 Å². The smallest absolute Gasteiger partial charge is 0.252 e. The lowest BCUT2D eigenvalue weighted by Crippen LogP contribution is -2.26. The van der Waals surface area contributed by atoms with Gasteiger partial charge >= 0.3 is 0 Å². The van der Waals surface area contributed by atoms with Crippen LogP contribution in [0.5, 0.6) is 0 Å². The average Bonchev–Trinajstić information content (AvgIpc) is 3.31. The Balaban J connectivity index is 1.50. The van der Waals surface area contributed by atoms with Crippen LogP contribution in [0.25, 0.3) is 17.0 Å². The van der Waals surface area contributed by atoms with Crippen LogP contribution in [0.4, 0.5) is 4.39 Å². The number of fused-ring (bicyclic) bond motifs is 1. The van der Waals surface area contributed by atoms with Crippen LogP contribution in [0.2, 0.25) is 0 Å². The van der Waals surface area contributed by atoms with E-state index in [9.17, 15) is 9.18 Å². The first kappa shape index (κ1) is 16.0. The van der Waals surface area contributed by atoms with Gasteiger partial charge in [-0.2, -0.15) is 0 Å². The molecular formula is C19H15FN4O2. The van der Waals surface area contributed by atoms with Gasteiger partial charge in [0, 0.05) is 12.7 Å². The van der Waals surface area contributed by atoms with Crippen molar-refractivity contribution in [3.63, 3.8) is 0 Å². The first-order valence-electron chi connectivity index (χ1n) is 8.11. The molecule has 7 heteroatoms. The zero-order valence-corrected chi connectivity index (χ0v) is 13.7. The van der Waals surface area contributed by atoms with Crippen LogP contribution in [0.1, 0.15) is 15.9 Å². The van der Waals surface area contributed by atoms with E-state index in [4.69, 9.17) is 4.42 Å². The minimum Gasteiger partial charge on any atom is -0.472 e. The second kappa shape index (κ2) is 6.79. The Labute approximate surface area is 148 Å². The number of aromatic nitrogens is 3. The Morgan fingerprint density at radius 1 is 1.15 bits per heavy atom. The summed E-state index contributed by atoms with van der Waals surface area (Å²) < 4.78 is 20.4. The number of carbonyl (C=O) groups excluding carboxylic acids is 1. The first-order chi connectivity index (χ1) is 12.7. The Morgan fingerprint density at radius 3 is 2.85 bits per heavy atom. The molecule has 4 aromatic rings. The summed E-state index contributed by atoms with van der Waals surface area (Å²) in [6.45, 7) is 0.342. The molecule has 130 valence electrons. The van der Waals surface area contributed by atoms with Gasteiger partial charge in [0.05, 0.1) is 17.4 Å². The molecule has 4 rings (SSSR count). The van der Waals surface area contributed by atoms with E-state index in [0.29, 0.717) is 35.6 Å². The van der Waals surface area contributed by atoms with E-state index >= 15 is 0 Å². The number of benzene rings is 1. The van der Waals surface area contributed by atoms with Crippen molar-refractivity contribution < 1.29 is 13.6 Å². The lowest BCUT2D eigenvalue weighted by molar-refractivity contribution is 0.0953. The monoisotopic (exact) mass is 350 g/mol. The maximum atomic E-state index is 13.6. The average molecular weight is 350 g/mol. The van der Waals surface area contributed by atoms with Gasteiger partial charge in [-0.1, -0.05) is 18.2 Å². The molecule has 0 saturated heterocycles. The minimum absolute atomic E-state index is 0.241. The molecule has 0 radical (unpaired) electrons. The number of rotatable bonds is 5. The van der Waals surface area contributed by atoms with Gasteiger partial charge in [0.2, 0.25) is 0 Å². The summed E-state index contributed by atoms with van der Waals surface area (Å²) in [7, 11) is 0. The summed E-state index contributed by atoms with van der Waals surface area (Å²) >= 11 is 0. The third kappa shape index (κ3) is 3.06. The van der Waals surface area contributed by atoms with E-state index in [1.807, 2.05) is 0 Å². The maximum absolute atomic E-state index is 13.6. The zero-order chi connectivity index (χ0) is 17.9. The van der Waals surface area contributed by atoms with Crippen LogP contribution in [-0.2, 0) is 6.42 Å². The SMILES string of the molecule is O=C(NCCc1ccccc1F)c1ccc2nnc(-c3ccoc3)n2c1. The van der Waals surface area contributed by atoms with Crippen molar-refractivity contribution in [3.05, 3.63) is 78.1 Å². The molecule has 0 fully saturated rings. The van der Waals surface area contributed by atoms with E-state index in [-0.39, 0.29) is 11.7 Å². The highest BCUT2D eigenvalue weighted by atomic mass is 19.1. The van der Waals surface area contributed by atoms with Crippen molar-refractivity contribution in [2.24, 2.45) is 0 Å². The number of hydrogen-bond acceptors (Lipinski definition) is 4. The molecule has 1 N–H and O–H groups in total. The van der Waals surface area contributed by atoms with Gasteiger partial charge in [-0.25, -0.2) is 4.39 Å². The quantitative estimate of drug-likeness (QED) is 0.600. The standard InChI is InChI=1S/C19H15FN4O2/c20-16-4-2-1-3-13(16)7-9-21-19(25)14-5-6-17-22-23-18(24(17)11-14)15-8-10-26-12-15/h1-6,8,10-12H,7,9H2,(H,21,25). The zero-order valence-electron chi connectivity index (χ0n) is 13.7. The number of pyridine rings is 1. The highest BCUT2D eigenvalue weighted by molar-refractivity contribution is 5.94. The van der Waals surface area contributed by atoms with Crippen LogP contribution in [-0.4, -0.2) is 27.0 Å². The van der Waals surface area contributed by atoms with E-state index in [1.165, 1.54) is 6.07 Å². The van der Waals surface area contributed by atoms with Gasteiger partial charge < -0.3 is 9.73 Å². The van der Waals surface area contributed by atoms with Gasteiger partial charge in [-0.15, -0.1) is 10.2 Å². The second-order valence-electron chi connectivity index (χ2n) is 5.78. The van der Waals surface area contributed by atoms with E-state index in [1.54, 1.807) is 59.5 Å². The van der Waals surface area contributed by atoms with Crippen molar-refractivity contribution in [2.45, 2.75) is 6.42 Å². The van der Waals surface area contributed by atoms with Gasteiger partial charge in [0.15, 0.2) is 11.5 Å². The number of nitrogens with zero attached hydrogens (tertiary/aromatic N) is 3. The number of hydrogen-bond donors (Lipinski definition) is 1. The fourth-order valence-corrected chi connectivity index (χ4v) is 2.73. The highest BCUT2D eigenvalue weighted by Gasteiger charge is 2.12. The summed E-state index contributed by atoms with van der Waals surface area (Å²) in [6.07, 6.45) is 5.22. The fraction of sp³-hybridized carbons (Fsp3) is 0.105. The number of nitrogens with one attached hydrogen (secondary N) is 1. The number of carbonyl (C=O) groups is 1. The number of furan rings is 1. The molecule has 6 nitrogen and oxygen atoms in total. The van der Waals surface area contributed by atoms with Gasteiger partial charge in [0.25, 0.3) is 5.91 Å². The topological polar surface area (TPSA) is 72.4 Å². The Morgan fingerprint density at radius 2 is 2.04 bits per heavy atom. The summed E-state index contributed by atoms with van der Waals surface area (Å²) in [5.41, 5.74) is 2.44. The summed E-state index contributed by atoms with van der Waals surface area (Å²) in [5, 5.41) is 11.0. The lowest BCUT2D eigenvalue weighted by atomic mass is 10.1. The molecule has 0 atom stereocenters. The van der Waals surface area contributed by atoms with E-state index in [2.05, 4.69) is 15.5 Å². The van der Waals surface area contributed by atoms with Crippen LogP contribution < -0.4 is 5.32 Å². The molecule has 1 amide bonds. The highest BCUT2D eigenvalue weighted by Crippen LogP contribution is 2.19. The third-order valence-electron chi connectivity index (χ3n) is 4.08. The minimum atomic E-state index is -0.266. The molecule has 26 heavy (non-hydrogen) atoms. The number of amides is 1. The van der Waals surface area contributed by atoms with Crippen LogP contribution in [0.15, 0.2) is 65.6 Å². The lowest BCUT2D eigenvalue weighted by Gasteiger charge is -2.07. The molecule has 0 unspecified atom stereocenters. The molecular weight excluding hydrogens is 335 g/mol. The third-order valence-corrected chi connectivity index (χ3v) is 4.08. The Hall–Kier alpha value is -3.48. The van der Waals surface area contributed by atoms with Crippen molar-refractivity contribution in [1.29, 1.82) is 0 Å². The van der Waals surface area contributed by atoms with Crippen LogP contribution in [0, 0.1) is 5.82 Å². The largest absolute Gasteiger partial charge is 0.472 e. The number of halogens is 1. The molecule has 0 aliphatic carbocycles. The van der Waals surface area contributed by atoms with Crippen LogP contribution >= 0.6 is 0 Å². The summed E-state index contributed by atoms with van der Waals surface area (Å²) in [6, 6.07) is 11.7. The normalized spacial score (nSPS) is 11.0. The van der Waals surface area contributed by atoms with Crippen molar-refractivity contribution in [2.75, 3.05) is 6.54 Å². The van der Waals surface area contributed by atoms with Crippen molar-refractivity contribution >= 4 is 11.6 Å². The molecule has 0 saturated carbocycles. The maximum Gasteiger partial charge on any atom is 0.252 e. The Bertz CT molecular complexity index is 1060. The molecule has 3 heterocycles. The van der Waals surface area contributed by atoms with E-state index in [0.717, 1.165) is 5.56 Å². The molecule has 3 aromatic heterocycles. The van der Waals surface area contributed by atoms with Crippen molar-refractivity contribution in [1.82, 2.24) is 19.9 Å². The Kier molecular flexibility index (Phi) is 4.18. The summed E-state index contributed by atoms with van der Waals surface area (Å²) in [4.78, 5) is 12.4. The molecule has 0 aliphatic heterocycles. The van der Waals surface area contributed by atoms with Crippen molar-refractivity contribution in [3.8, 4) is 11.4 Å². The van der Waals surface area contributed by atoms with Gasteiger partial charge in [0.1, 0.15) is 12.1 Å². The predicted octanol–water partition coefficient (Wildman–Crippen LogP) is 3.10. The molecule has 0 bridgehead atoms. The van der Waals surface area contributed by atoms with Gasteiger partial charge in [-0.05, 0) is 36.2 Å². The van der Waals surface area contributed by atoms with Gasteiger partial charge in [-0.3, -0.25) is 9.20 Å². The van der Waals surface area contributed by atoms with E-state index < -0.39 is 0 Å².